The maximum absolute atomic E-state index is 13.0. The molecular weight excluding hydrogens is 153 g/mol. The number of rotatable bonds is 2. The first-order chi connectivity index (χ1) is 5.61. The molecule has 0 atom stereocenters. The van der Waals surface area contributed by atoms with Gasteiger partial charge in [0.15, 0.2) is 0 Å². The molecule has 2 heteroatoms. The van der Waals surface area contributed by atoms with Crippen LogP contribution < -0.4 is 0 Å². The molecule has 0 amide bonds. The van der Waals surface area contributed by atoms with Crippen LogP contribution in [0.4, 0.5) is 4.39 Å². The van der Waals surface area contributed by atoms with E-state index < -0.39 is 0 Å². The van der Waals surface area contributed by atoms with Gasteiger partial charge in [-0.25, -0.2) is 4.39 Å². The molecule has 1 rings (SSSR count). The van der Waals surface area contributed by atoms with Crippen LogP contribution in [-0.4, -0.2) is 19.0 Å². The topological polar surface area (TPSA) is 3.24 Å². The van der Waals surface area contributed by atoms with Gasteiger partial charge in [0.2, 0.25) is 0 Å². The second kappa shape index (κ2) is 3.68. The first-order valence-corrected chi connectivity index (χ1v) is 4.00. The summed E-state index contributed by atoms with van der Waals surface area (Å²) in [5.41, 5.74) is 1.81. The normalized spacial score (nSPS) is 10.8. The zero-order valence-electron chi connectivity index (χ0n) is 7.76. The fraction of sp³-hybridized carbons (Fsp3) is 0.400. The molecule has 0 heterocycles. The van der Waals surface area contributed by atoms with E-state index in [-0.39, 0.29) is 5.82 Å². The van der Waals surface area contributed by atoms with Gasteiger partial charge in [-0.05, 0) is 38.2 Å². The van der Waals surface area contributed by atoms with Crippen molar-refractivity contribution in [2.75, 3.05) is 14.1 Å². The summed E-state index contributed by atoms with van der Waals surface area (Å²) in [4.78, 5) is 2.03. The molecule has 0 aromatic heterocycles. The number of hydrogen-bond acceptors (Lipinski definition) is 1. The Morgan fingerprint density at radius 3 is 2.58 bits per heavy atom. The molecule has 1 aromatic rings. The van der Waals surface area contributed by atoms with Crippen molar-refractivity contribution >= 4 is 0 Å². The summed E-state index contributed by atoms with van der Waals surface area (Å²) < 4.78 is 13.0. The smallest absolute Gasteiger partial charge is 0.126 e. The van der Waals surface area contributed by atoms with Crippen LogP contribution in [0.1, 0.15) is 11.1 Å². The van der Waals surface area contributed by atoms with E-state index in [2.05, 4.69) is 0 Å². The van der Waals surface area contributed by atoms with Crippen molar-refractivity contribution in [2.45, 2.75) is 13.5 Å². The Labute approximate surface area is 72.8 Å². The van der Waals surface area contributed by atoms with Crippen molar-refractivity contribution in [2.24, 2.45) is 0 Å². The van der Waals surface area contributed by atoms with Crippen LogP contribution in [0.2, 0.25) is 0 Å². The Kier molecular flexibility index (Phi) is 2.82. The zero-order chi connectivity index (χ0) is 9.14. The Hall–Kier alpha value is -0.890. The average molecular weight is 167 g/mol. The SMILES string of the molecule is Cc1c(F)cccc1CN(C)C. The van der Waals surface area contributed by atoms with Gasteiger partial charge in [-0.15, -0.1) is 0 Å². The minimum Gasteiger partial charge on any atom is -0.305 e. The summed E-state index contributed by atoms with van der Waals surface area (Å²) in [6, 6.07) is 5.20. The summed E-state index contributed by atoms with van der Waals surface area (Å²) in [5.74, 6) is -0.116. The minimum absolute atomic E-state index is 0.116. The minimum atomic E-state index is -0.116. The van der Waals surface area contributed by atoms with Gasteiger partial charge in [-0.1, -0.05) is 12.1 Å². The third-order valence-corrected chi connectivity index (χ3v) is 1.87. The average Bonchev–Trinajstić information content (AvgIpc) is 1.98. The van der Waals surface area contributed by atoms with E-state index in [1.54, 1.807) is 6.07 Å². The number of nitrogens with zero attached hydrogens (tertiary/aromatic N) is 1. The first-order valence-electron chi connectivity index (χ1n) is 4.00. The van der Waals surface area contributed by atoms with Crippen molar-refractivity contribution in [1.29, 1.82) is 0 Å². The zero-order valence-corrected chi connectivity index (χ0v) is 7.76. The van der Waals surface area contributed by atoms with Crippen LogP contribution in [0.15, 0.2) is 18.2 Å². The molecule has 0 bridgehead atoms. The highest BCUT2D eigenvalue weighted by Crippen LogP contribution is 2.12. The number of hydrogen-bond donors (Lipinski definition) is 0. The van der Waals surface area contributed by atoms with Gasteiger partial charge in [0.25, 0.3) is 0 Å². The molecule has 0 fully saturated rings. The van der Waals surface area contributed by atoms with Crippen molar-refractivity contribution in [3.05, 3.63) is 35.1 Å². The summed E-state index contributed by atoms with van der Waals surface area (Å²) in [6.45, 7) is 2.61. The Bertz CT molecular complexity index is 269. The predicted octanol–water partition coefficient (Wildman–Crippen LogP) is 2.20. The van der Waals surface area contributed by atoms with Gasteiger partial charge in [-0.2, -0.15) is 0 Å². The van der Waals surface area contributed by atoms with Crippen LogP contribution in [0.5, 0.6) is 0 Å². The maximum Gasteiger partial charge on any atom is 0.126 e. The van der Waals surface area contributed by atoms with E-state index in [0.717, 1.165) is 17.7 Å². The van der Waals surface area contributed by atoms with E-state index in [1.807, 2.05) is 32.0 Å². The molecule has 12 heavy (non-hydrogen) atoms. The lowest BCUT2D eigenvalue weighted by Gasteiger charge is -2.11. The Morgan fingerprint density at radius 1 is 1.33 bits per heavy atom. The lowest BCUT2D eigenvalue weighted by atomic mass is 10.1. The summed E-state index contributed by atoms with van der Waals surface area (Å²) in [6.07, 6.45) is 0. The third kappa shape index (κ3) is 2.05. The van der Waals surface area contributed by atoms with Crippen LogP contribution in [0, 0.1) is 12.7 Å². The van der Waals surface area contributed by atoms with E-state index in [1.165, 1.54) is 6.07 Å². The molecule has 0 aliphatic rings. The number of benzene rings is 1. The van der Waals surface area contributed by atoms with E-state index in [9.17, 15) is 4.39 Å². The van der Waals surface area contributed by atoms with Crippen LogP contribution >= 0.6 is 0 Å². The largest absolute Gasteiger partial charge is 0.305 e. The molecule has 0 saturated carbocycles. The van der Waals surface area contributed by atoms with Gasteiger partial charge in [0.1, 0.15) is 5.82 Å². The van der Waals surface area contributed by atoms with Crippen molar-refractivity contribution in [3.63, 3.8) is 0 Å². The highest BCUT2D eigenvalue weighted by atomic mass is 19.1. The first kappa shape index (κ1) is 9.20. The molecule has 0 N–H and O–H groups in total. The highest BCUT2D eigenvalue weighted by Gasteiger charge is 2.03. The monoisotopic (exact) mass is 167 g/mol. The molecule has 1 aromatic carbocycles. The molecular formula is C10H14FN. The summed E-state index contributed by atoms with van der Waals surface area (Å²) in [7, 11) is 3.95. The molecule has 0 spiro atoms. The fourth-order valence-electron chi connectivity index (χ4n) is 1.16. The van der Waals surface area contributed by atoms with Crippen LogP contribution in [0.3, 0.4) is 0 Å². The number of halogens is 1. The molecule has 0 radical (unpaired) electrons. The van der Waals surface area contributed by atoms with Crippen molar-refractivity contribution in [1.82, 2.24) is 4.90 Å². The lowest BCUT2D eigenvalue weighted by Crippen LogP contribution is -2.12. The Balaban J connectivity index is 2.92. The van der Waals surface area contributed by atoms with E-state index in [0.29, 0.717) is 0 Å². The summed E-state index contributed by atoms with van der Waals surface area (Å²) in [5, 5.41) is 0. The van der Waals surface area contributed by atoms with Gasteiger partial charge in [0, 0.05) is 6.54 Å². The highest BCUT2D eigenvalue weighted by molar-refractivity contribution is 5.26. The van der Waals surface area contributed by atoms with Crippen LogP contribution in [0.25, 0.3) is 0 Å². The second-order valence-corrected chi connectivity index (χ2v) is 3.26. The quantitative estimate of drug-likeness (QED) is 0.652. The van der Waals surface area contributed by atoms with Gasteiger partial charge in [0.05, 0.1) is 0 Å². The summed E-state index contributed by atoms with van der Waals surface area (Å²) >= 11 is 0. The lowest BCUT2D eigenvalue weighted by molar-refractivity contribution is 0.400. The van der Waals surface area contributed by atoms with Crippen LogP contribution in [-0.2, 0) is 6.54 Å². The molecule has 0 aliphatic carbocycles. The molecule has 0 aliphatic heterocycles. The molecule has 66 valence electrons. The Morgan fingerprint density at radius 2 is 2.00 bits per heavy atom. The third-order valence-electron chi connectivity index (χ3n) is 1.87. The van der Waals surface area contributed by atoms with E-state index in [4.69, 9.17) is 0 Å². The fourth-order valence-corrected chi connectivity index (χ4v) is 1.16. The second-order valence-electron chi connectivity index (χ2n) is 3.26. The maximum atomic E-state index is 13.0. The van der Waals surface area contributed by atoms with Gasteiger partial charge in [-0.3, -0.25) is 0 Å². The molecule has 0 saturated heterocycles. The van der Waals surface area contributed by atoms with Crippen molar-refractivity contribution in [3.8, 4) is 0 Å². The van der Waals surface area contributed by atoms with Gasteiger partial charge < -0.3 is 4.90 Å². The van der Waals surface area contributed by atoms with Crippen molar-refractivity contribution < 1.29 is 4.39 Å². The standard InChI is InChI=1S/C10H14FN/c1-8-9(7-12(2)3)5-4-6-10(8)11/h4-6H,7H2,1-3H3. The molecule has 0 unspecified atom stereocenters. The molecule has 1 nitrogen and oxygen atoms in total. The predicted molar refractivity (Wildman–Crippen MR) is 48.5 cm³/mol. The van der Waals surface area contributed by atoms with Gasteiger partial charge >= 0.3 is 0 Å². The van der Waals surface area contributed by atoms with E-state index >= 15 is 0 Å².